The van der Waals surface area contributed by atoms with Gasteiger partial charge in [-0.1, -0.05) is 19.4 Å². The van der Waals surface area contributed by atoms with Crippen LogP contribution >= 0.6 is 35.3 Å². The molecule has 1 fully saturated rings. The maximum atomic E-state index is 12.9. The number of hydrogen-bond donors (Lipinski definition) is 2. The summed E-state index contributed by atoms with van der Waals surface area (Å²) in [7, 11) is 1.65. The highest BCUT2D eigenvalue weighted by molar-refractivity contribution is 14.0. The van der Waals surface area contributed by atoms with Crippen molar-refractivity contribution in [2.24, 2.45) is 10.9 Å². The second kappa shape index (κ2) is 9.84. The number of nitrogens with zero attached hydrogens (tertiary/aromatic N) is 1. The molecule has 0 amide bonds. The highest BCUT2D eigenvalue weighted by Gasteiger charge is 2.42. The third-order valence-corrected chi connectivity index (χ3v) is 5.41. The fourth-order valence-electron chi connectivity index (χ4n) is 2.93. The third-order valence-electron chi connectivity index (χ3n) is 4.31. The fourth-order valence-corrected chi connectivity index (χ4v) is 3.72. The predicted octanol–water partition coefficient (Wildman–Crippen LogP) is 4.76. The minimum absolute atomic E-state index is 0. The number of alkyl halides is 3. The van der Waals surface area contributed by atoms with Gasteiger partial charge in [-0.05, 0) is 30.7 Å². The zero-order valence-electron chi connectivity index (χ0n) is 13.9. The molecule has 2 N–H and O–H groups in total. The number of guanidine groups is 1. The minimum Gasteiger partial charge on any atom is -0.356 e. The molecule has 3 atom stereocenters. The Morgan fingerprint density at radius 1 is 1.42 bits per heavy atom. The third kappa shape index (κ3) is 6.42. The Hall–Kier alpha value is -0.510. The normalized spacial score (nSPS) is 23.3. The van der Waals surface area contributed by atoms with Crippen molar-refractivity contribution in [3.05, 3.63) is 22.4 Å². The van der Waals surface area contributed by atoms with E-state index in [1.807, 2.05) is 11.4 Å². The molecule has 1 heterocycles. The smallest absolute Gasteiger partial charge is 0.356 e. The van der Waals surface area contributed by atoms with Crippen molar-refractivity contribution in [2.45, 2.75) is 50.7 Å². The van der Waals surface area contributed by atoms with E-state index in [0.717, 1.165) is 6.42 Å². The second-order valence-electron chi connectivity index (χ2n) is 6.12. The molecule has 8 heteroatoms. The van der Waals surface area contributed by atoms with Gasteiger partial charge < -0.3 is 10.6 Å². The van der Waals surface area contributed by atoms with Gasteiger partial charge in [0.15, 0.2) is 5.96 Å². The largest absolute Gasteiger partial charge is 0.391 e. The molecular weight excluding hydrogens is 450 g/mol. The van der Waals surface area contributed by atoms with Crippen LogP contribution in [0.5, 0.6) is 0 Å². The Morgan fingerprint density at radius 2 is 2.17 bits per heavy atom. The summed E-state index contributed by atoms with van der Waals surface area (Å²) < 4.78 is 38.6. The van der Waals surface area contributed by atoms with Crippen molar-refractivity contribution in [1.29, 1.82) is 0 Å². The van der Waals surface area contributed by atoms with Crippen LogP contribution < -0.4 is 10.6 Å². The van der Waals surface area contributed by atoms with Gasteiger partial charge >= 0.3 is 6.18 Å². The molecule has 2 rings (SSSR count). The summed E-state index contributed by atoms with van der Waals surface area (Å²) in [5.74, 6) is -0.277. The first kappa shape index (κ1) is 21.5. The van der Waals surface area contributed by atoms with Gasteiger partial charge in [-0.15, -0.1) is 35.3 Å². The Bertz CT molecular complexity index is 505. The van der Waals surface area contributed by atoms with Gasteiger partial charge in [0.1, 0.15) is 0 Å². The van der Waals surface area contributed by atoms with Crippen LogP contribution in [0.2, 0.25) is 0 Å². The first-order valence-corrected chi connectivity index (χ1v) is 8.85. The van der Waals surface area contributed by atoms with E-state index >= 15 is 0 Å². The number of nitrogens with one attached hydrogen (secondary N) is 2. The van der Waals surface area contributed by atoms with E-state index in [4.69, 9.17) is 0 Å². The summed E-state index contributed by atoms with van der Waals surface area (Å²) in [5, 5.41) is 8.41. The Kier molecular flexibility index (Phi) is 8.83. The highest BCUT2D eigenvalue weighted by Crippen LogP contribution is 2.37. The molecule has 3 nitrogen and oxygen atoms in total. The molecule has 24 heavy (non-hydrogen) atoms. The average Bonchev–Trinajstić information content (AvgIpc) is 3.05. The summed E-state index contributed by atoms with van der Waals surface area (Å²) in [4.78, 5) is 5.42. The van der Waals surface area contributed by atoms with E-state index in [-0.39, 0.29) is 42.9 Å². The molecule has 0 bridgehead atoms. The molecule has 0 aliphatic heterocycles. The van der Waals surface area contributed by atoms with Gasteiger partial charge in [-0.2, -0.15) is 13.2 Å². The first-order chi connectivity index (χ1) is 10.9. The lowest BCUT2D eigenvalue weighted by atomic mass is 9.85. The van der Waals surface area contributed by atoms with Crippen LogP contribution in [0.3, 0.4) is 0 Å². The molecule has 0 radical (unpaired) electrons. The molecule has 3 unspecified atom stereocenters. The van der Waals surface area contributed by atoms with Crippen LogP contribution in [0.4, 0.5) is 13.2 Å². The first-order valence-electron chi connectivity index (χ1n) is 7.97. The van der Waals surface area contributed by atoms with Crippen LogP contribution in [0.15, 0.2) is 22.5 Å². The molecule has 0 spiro atoms. The SMILES string of the molecule is CN=C(NCC(C)c1cccs1)NC1CCCC(C(F)(F)F)C1.I. The molecule has 1 aromatic heterocycles. The van der Waals surface area contributed by atoms with Crippen LogP contribution in [0.1, 0.15) is 43.4 Å². The van der Waals surface area contributed by atoms with E-state index in [2.05, 4.69) is 28.6 Å². The zero-order chi connectivity index (χ0) is 16.9. The van der Waals surface area contributed by atoms with Gasteiger partial charge in [-0.3, -0.25) is 4.99 Å². The quantitative estimate of drug-likeness (QED) is 0.375. The van der Waals surface area contributed by atoms with Gasteiger partial charge in [0.05, 0.1) is 5.92 Å². The Labute approximate surface area is 162 Å². The monoisotopic (exact) mass is 475 g/mol. The molecule has 1 saturated carbocycles. The van der Waals surface area contributed by atoms with E-state index in [1.54, 1.807) is 18.4 Å². The van der Waals surface area contributed by atoms with E-state index in [0.29, 0.717) is 24.8 Å². The van der Waals surface area contributed by atoms with Crippen LogP contribution in [-0.2, 0) is 0 Å². The Balaban J connectivity index is 0.00000288. The molecule has 0 saturated heterocycles. The van der Waals surface area contributed by atoms with E-state index < -0.39 is 12.1 Å². The van der Waals surface area contributed by atoms with Gasteiger partial charge in [0.25, 0.3) is 0 Å². The minimum atomic E-state index is -4.09. The van der Waals surface area contributed by atoms with Crippen molar-refractivity contribution >= 4 is 41.3 Å². The average molecular weight is 475 g/mol. The summed E-state index contributed by atoms with van der Waals surface area (Å²) in [6.45, 7) is 2.82. The molecule has 1 aromatic rings. The maximum Gasteiger partial charge on any atom is 0.391 e. The van der Waals surface area contributed by atoms with E-state index in [9.17, 15) is 13.2 Å². The Morgan fingerprint density at radius 3 is 2.75 bits per heavy atom. The van der Waals surface area contributed by atoms with Crippen LogP contribution in [0.25, 0.3) is 0 Å². The van der Waals surface area contributed by atoms with Gasteiger partial charge in [0.2, 0.25) is 0 Å². The van der Waals surface area contributed by atoms with Gasteiger partial charge in [-0.25, -0.2) is 0 Å². The summed E-state index contributed by atoms with van der Waals surface area (Å²) >= 11 is 1.70. The fraction of sp³-hybridized carbons (Fsp3) is 0.688. The summed E-state index contributed by atoms with van der Waals surface area (Å²) in [5.41, 5.74) is 0. The van der Waals surface area contributed by atoms with Crippen molar-refractivity contribution in [1.82, 2.24) is 10.6 Å². The summed E-state index contributed by atoms with van der Waals surface area (Å²) in [6, 6.07) is 3.93. The zero-order valence-corrected chi connectivity index (χ0v) is 17.0. The number of hydrogen-bond acceptors (Lipinski definition) is 2. The van der Waals surface area contributed by atoms with Crippen molar-refractivity contribution in [2.75, 3.05) is 13.6 Å². The number of thiophene rings is 1. The maximum absolute atomic E-state index is 12.9. The molecule has 1 aliphatic carbocycles. The number of aliphatic imine (C=N–C) groups is 1. The molecular formula is C16H25F3IN3S. The lowest BCUT2D eigenvalue weighted by Crippen LogP contribution is -2.47. The highest BCUT2D eigenvalue weighted by atomic mass is 127. The van der Waals surface area contributed by atoms with Crippen molar-refractivity contribution in [3.63, 3.8) is 0 Å². The lowest BCUT2D eigenvalue weighted by molar-refractivity contribution is -0.183. The predicted molar refractivity (Wildman–Crippen MR) is 104 cm³/mol. The lowest BCUT2D eigenvalue weighted by Gasteiger charge is -2.32. The molecule has 138 valence electrons. The number of halogens is 4. The topological polar surface area (TPSA) is 36.4 Å². The van der Waals surface area contributed by atoms with Crippen molar-refractivity contribution < 1.29 is 13.2 Å². The number of rotatable bonds is 4. The van der Waals surface area contributed by atoms with Gasteiger partial charge in [0, 0.05) is 30.4 Å². The molecule has 1 aliphatic rings. The van der Waals surface area contributed by atoms with Crippen LogP contribution in [-0.4, -0.2) is 31.8 Å². The van der Waals surface area contributed by atoms with E-state index in [1.165, 1.54) is 4.88 Å². The van der Waals surface area contributed by atoms with Crippen LogP contribution in [0, 0.1) is 5.92 Å². The molecule has 0 aromatic carbocycles. The standard InChI is InChI=1S/C16H24F3N3S.HI/c1-11(14-7-4-8-23-14)10-21-15(20-2)22-13-6-3-5-12(9-13)16(17,18)19;/h4,7-8,11-13H,3,5-6,9-10H2,1-2H3,(H2,20,21,22);1H. The summed E-state index contributed by atoms with van der Waals surface area (Å²) in [6.07, 6.45) is -2.36. The second-order valence-corrected chi connectivity index (χ2v) is 7.10. The van der Waals surface area contributed by atoms with Crippen molar-refractivity contribution in [3.8, 4) is 0 Å².